The van der Waals surface area contributed by atoms with Crippen LogP contribution in [-0.4, -0.2) is 53.0 Å². The van der Waals surface area contributed by atoms with Crippen LogP contribution in [0.3, 0.4) is 0 Å². The highest BCUT2D eigenvalue weighted by Crippen LogP contribution is 2.39. The van der Waals surface area contributed by atoms with Crippen molar-refractivity contribution in [3.63, 3.8) is 0 Å². The standard InChI is InChI=1S/C17H21N5O/c1-20(2)14-7-5-13(6-8-14)17(23)21-9-15(10-21)22-11-16(18-19-22)12-3-4-12/h5-8,11-12,15H,3-4,9-10H2,1-2H3. The second kappa shape index (κ2) is 5.37. The predicted molar refractivity (Wildman–Crippen MR) is 87.7 cm³/mol. The fourth-order valence-corrected chi connectivity index (χ4v) is 2.91. The first-order valence-electron chi connectivity index (χ1n) is 8.10. The van der Waals surface area contributed by atoms with Crippen LogP contribution in [0.25, 0.3) is 0 Å². The third-order valence-corrected chi connectivity index (χ3v) is 4.68. The zero-order valence-corrected chi connectivity index (χ0v) is 13.5. The van der Waals surface area contributed by atoms with Gasteiger partial charge in [0.2, 0.25) is 0 Å². The summed E-state index contributed by atoms with van der Waals surface area (Å²) in [6.07, 6.45) is 4.52. The van der Waals surface area contributed by atoms with Gasteiger partial charge in [-0.3, -0.25) is 4.79 Å². The molecule has 1 amide bonds. The lowest BCUT2D eigenvalue weighted by Gasteiger charge is -2.38. The molecule has 2 heterocycles. The second-order valence-electron chi connectivity index (χ2n) is 6.70. The molecule has 0 atom stereocenters. The van der Waals surface area contributed by atoms with Gasteiger partial charge in [0, 0.05) is 50.6 Å². The number of amides is 1. The molecule has 1 aromatic carbocycles. The van der Waals surface area contributed by atoms with Gasteiger partial charge in [-0.25, -0.2) is 4.68 Å². The topological polar surface area (TPSA) is 54.3 Å². The van der Waals surface area contributed by atoms with Crippen molar-refractivity contribution < 1.29 is 4.79 Å². The summed E-state index contributed by atoms with van der Waals surface area (Å²) in [7, 11) is 3.98. The Morgan fingerprint density at radius 2 is 1.87 bits per heavy atom. The summed E-state index contributed by atoms with van der Waals surface area (Å²) >= 11 is 0. The first-order chi connectivity index (χ1) is 11.1. The van der Waals surface area contributed by atoms with Crippen molar-refractivity contribution >= 4 is 11.6 Å². The van der Waals surface area contributed by atoms with Crippen LogP contribution >= 0.6 is 0 Å². The zero-order valence-electron chi connectivity index (χ0n) is 13.5. The lowest BCUT2D eigenvalue weighted by atomic mass is 10.1. The molecule has 2 fully saturated rings. The zero-order chi connectivity index (χ0) is 16.0. The molecule has 2 aromatic rings. The third kappa shape index (κ3) is 2.69. The molecule has 6 heteroatoms. The minimum absolute atomic E-state index is 0.0917. The third-order valence-electron chi connectivity index (χ3n) is 4.68. The summed E-state index contributed by atoms with van der Waals surface area (Å²) in [4.78, 5) is 16.4. The average Bonchev–Trinajstić information content (AvgIpc) is 3.25. The van der Waals surface area contributed by atoms with E-state index in [2.05, 4.69) is 16.5 Å². The van der Waals surface area contributed by atoms with Crippen LogP contribution < -0.4 is 4.90 Å². The quantitative estimate of drug-likeness (QED) is 0.865. The fraction of sp³-hybridized carbons (Fsp3) is 0.471. The van der Waals surface area contributed by atoms with Gasteiger partial charge in [-0.05, 0) is 37.1 Å². The van der Waals surface area contributed by atoms with Gasteiger partial charge in [0.25, 0.3) is 5.91 Å². The molecular formula is C17H21N5O. The van der Waals surface area contributed by atoms with E-state index in [1.807, 2.05) is 52.8 Å². The van der Waals surface area contributed by atoms with Gasteiger partial charge in [0.05, 0.1) is 11.7 Å². The van der Waals surface area contributed by atoms with E-state index < -0.39 is 0 Å². The summed E-state index contributed by atoms with van der Waals surface area (Å²) in [6.45, 7) is 1.42. The van der Waals surface area contributed by atoms with Crippen LogP contribution in [0.5, 0.6) is 0 Å². The maximum Gasteiger partial charge on any atom is 0.254 e. The number of hydrogen-bond donors (Lipinski definition) is 0. The molecule has 0 spiro atoms. The number of hydrogen-bond acceptors (Lipinski definition) is 4. The van der Waals surface area contributed by atoms with Crippen molar-refractivity contribution in [3.8, 4) is 0 Å². The summed E-state index contributed by atoms with van der Waals surface area (Å²) in [6, 6.07) is 8.00. The van der Waals surface area contributed by atoms with E-state index in [1.165, 1.54) is 12.8 Å². The number of rotatable bonds is 4. The summed E-state index contributed by atoms with van der Waals surface area (Å²) in [5.74, 6) is 0.714. The number of carbonyl (C=O) groups excluding carboxylic acids is 1. The van der Waals surface area contributed by atoms with Crippen molar-refractivity contribution in [3.05, 3.63) is 41.7 Å². The Hall–Kier alpha value is -2.37. The Kier molecular flexibility index (Phi) is 3.32. The van der Waals surface area contributed by atoms with Crippen molar-refractivity contribution in [2.45, 2.75) is 24.8 Å². The molecule has 6 nitrogen and oxygen atoms in total. The maximum absolute atomic E-state index is 12.5. The Balaban J connectivity index is 1.37. The molecule has 1 saturated heterocycles. The van der Waals surface area contributed by atoms with Crippen LogP contribution in [0.1, 0.15) is 40.9 Å². The Labute approximate surface area is 135 Å². The van der Waals surface area contributed by atoms with E-state index in [-0.39, 0.29) is 11.9 Å². The smallest absolute Gasteiger partial charge is 0.254 e. The number of aromatic nitrogens is 3. The van der Waals surface area contributed by atoms with Gasteiger partial charge in [-0.2, -0.15) is 0 Å². The van der Waals surface area contributed by atoms with Crippen LogP contribution in [0.2, 0.25) is 0 Å². The largest absolute Gasteiger partial charge is 0.378 e. The molecule has 23 heavy (non-hydrogen) atoms. The Morgan fingerprint density at radius 3 is 2.48 bits per heavy atom. The SMILES string of the molecule is CN(C)c1ccc(C(=O)N2CC(n3cc(C4CC4)nn3)C2)cc1. The van der Waals surface area contributed by atoms with Gasteiger partial charge in [-0.15, -0.1) is 5.10 Å². The molecule has 0 bridgehead atoms. The summed E-state index contributed by atoms with van der Waals surface area (Å²) in [5, 5.41) is 8.46. The van der Waals surface area contributed by atoms with Gasteiger partial charge in [0.15, 0.2) is 0 Å². The van der Waals surface area contributed by atoms with Gasteiger partial charge in [0.1, 0.15) is 0 Å². The lowest BCUT2D eigenvalue weighted by Crippen LogP contribution is -2.50. The summed E-state index contributed by atoms with van der Waals surface area (Å²) in [5.41, 5.74) is 2.94. The molecule has 0 unspecified atom stereocenters. The number of carbonyl (C=O) groups is 1. The number of anilines is 1. The molecule has 4 rings (SSSR count). The van der Waals surface area contributed by atoms with E-state index in [0.29, 0.717) is 19.0 Å². The number of nitrogens with zero attached hydrogens (tertiary/aromatic N) is 5. The molecule has 1 aromatic heterocycles. The number of benzene rings is 1. The monoisotopic (exact) mass is 311 g/mol. The molecule has 120 valence electrons. The van der Waals surface area contributed by atoms with Crippen molar-refractivity contribution in [1.29, 1.82) is 0 Å². The Bertz CT molecular complexity index is 711. The predicted octanol–water partition coefficient (Wildman–Crippen LogP) is 1.92. The first kappa shape index (κ1) is 14.2. The normalized spacial score (nSPS) is 17.9. The van der Waals surface area contributed by atoms with E-state index in [9.17, 15) is 4.79 Å². The second-order valence-corrected chi connectivity index (χ2v) is 6.70. The molecule has 2 aliphatic rings. The molecule has 1 saturated carbocycles. The van der Waals surface area contributed by atoms with E-state index in [4.69, 9.17) is 0 Å². The van der Waals surface area contributed by atoms with Crippen LogP contribution in [0.15, 0.2) is 30.5 Å². The highest BCUT2D eigenvalue weighted by molar-refractivity contribution is 5.95. The highest BCUT2D eigenvalue weighted by atomic mass is 16.2. The van der Waals surface area contributed by atoms with E-state index in [0.717, 1.165) is 16.9 Å². The van der Waals surface area contributed by atoms with E-state index in [1.54, 1.807) is 0 Å². The van der Waals surface area contributed by atoms with Crippen molar-refractivity contribution in [2.24, 2.45) is 0 Å². The molecule has 1 aliphatic carbocycles. The number of likely N-dealkylation sites (tertiary alicyclic amines) is 1. The lowest BCUT2D eigenvalue weighted by molar-refractivity contribution is 0.0498. The van der Waals surface area contributed by atoms with Gasteiger partial charge >= 0.3 is 0 Å². The molecule has 0 N–H and O–H groups in total. The minimum Gasteiger partial charge on any atom is -0.378 e. The van der Waals surface area contributed by atoms with Gasteiger partial charge in [-0.1, -0.05) is 5.21 Å². The molecular weight excluding hydrogens is 290 g/mol. The van der Waals surface area contributed by atoms with Crippen LogP contribution in [-0.2, 0) is 0 Å². The molecule has 1 aliphatic heterocycles. The fourth-order valence-electron chi connectivity index (χ4n) is 2.91. The maximum atomic E-state index is 12.5. The van der Waals surface area contributed by atoms with Crippen molar-refractivity contribution in [2.75, 3.05) is 32.1 Å². The summed E-state index contributed by atoms with van der Waals surface area (Å²) < 4.78 is 1.92. The molecule has 0 radical (unpaired) electrons. The van der Waals surface area contributed by atoms with Gasteiger partial charge < -0.3 is 9.80 Å². The minimum atomic E-state index is 0.0917. The Morgan fingerprint density at radius 1 is 1.17 bits per heavy atom. The highest BCUT2D eigenvalue weighted by Gasteiger charge is 2.34. The van der Waals surface area contributed by atoms with Crippen LogP contribution in [0.4, 0.5) is 5.69 Å². The first-order valence-corrected chi connectivity index (χ1v) is 8.10. The average molecular weight is 311 g/mol. The van der Waals surface area contributed by atoms with Crippen LogP contribution in [0, 0.1) is 0 Å². The van der Waals surface area contributed by atoms with E-state index >= 15 is 0 Å². The van der Waals surface area contributed by atoms with Crippen molar-refractivity contribution in [1.82, 2.24) is 19.9 Å².